The molecule has 4 aromatic carbocycles. The van der Waals surface area contributed by atoms with Crippen molar-refractivity contribution in [2.75, 3.05) is 17.9 Å². The van der Waals surface area contributed by atoms with Gasteiger partial charge in [0.1, 0.15) is 6.04 Å². The number of likely N-dealkylation sites (N-methyl/N-ethyl adjacent to an activating group) is 1. The molecular formula is C31H30N2O5S. The maximum Gasteiger partial charge on any atom is 0.326 e. The van der Waals surface area contributed by atoms with E-state index in [1.165, 1.54) is 28.4 Å². The lowest BCUT2D eigenvalue weighted by atomic mass is 10.0. The second-order valence-corrected chi connectivity index (χ2v) is 11.0. The summed E-state index contributed by atoms with van der Waals surface area (Å²) in [5, 5.41) is 9.80. The topological polar surface area (TPSA) is 95.0 Å². The largest absolute Gasteiger partial charge is 0.480 e. The van der Waals surface area contributed by atoms with Crippen molar-refractivity contribution in [2.24, 2.45) is 0 Å². The molecule has 0 fully saturated rings. The van der Waals surface area contributed by atoms with Gasteiger partial charge in [0.2, 0.25) is 0 Å². The summed E-state index contributed by atoms with van der Waals surface area (Å²) in [4.78, 5) is 26.6. The standard InChI is InChI=1S/C31H30N2O5S/c1-32(29(31(35)36)23-25-13-7-3-8-14-25)30(34)26-17-19-27(20-18-26)33(22-21-24-11-5-2-6-12-24)39(37,38)28-15-9-4-10-16-28/h2-20,29H,21-23H2,1H3,(H,35,36)/t29-/m0/s1. The van der Waals surface area contributed by atoms with Crippen molar-refractivity contribution >= 4 is 27.6 Å². The molecule has 1 N–H and O–H groups in total. The first-order chi connectivity index (χ1) is 18.8. The fraction of sp³-hybridized carbons (Fsp3) is 0.161. The van der Waals surface area contributed by atoms with E-state index in [0.717, 1.165) is 11.1 Å². The van der Waals surface area contributed by atoms with E-state index in [0.29, 0.717) is 12.1 Å². The Morgan fingerprint density at radius 2 is 1.26 bits per heavy atom. The van der Waals surface area contributed by atoms with E-state index >= 15 is 0 Å². The Bertz CT molecular complexity index is 1490. The molecule has 1 amide bonds. The van der Waals surface area contributed by atoms with Gasteiger partial charge >= 0.3 is 5.97 Å². The number of carbonyl (C=O) groups excluding carboxylic acids is 1. The highest BCUT2D eigenvalue weighted by atomic mass is 32.2. The number of nitrogens with zero attached hydrogens (tertiary/aromatic N) is 2. The molecule has 0 spiro atoms. The summed E-state index contributed by atoms with van der Waals surface area (Å²) in [6, 6.07) is 32.1. The quantitative estimate of drug-likeness (QED) is 0.291. The minimum Gasteiger partial charge on any atom is -0.480 e. The Morgan fingerprint density at radius 1 is 0.744 bits per heavy atom. The van der Waals surface area contributed by atoms with Crippen LogP contribution in [0.2, 0.25) is 0 Å². The third-order valence-corrected chi connectivity index (χ3v) is 8.37. The zero-order valence-electron chi connectivity index (χ0n) is 21.6. The third kappa shape index (κ3) is 6.72. The molecule has 4 aromatic rings. The van der Waals surface area contributed by atoms with Crippen molar-refractivity contribution in [3.05, 3.63) is 132 Å². The maximum atomic E-state index is 13.6. The van der Waals surface area contributed by atoms with E-state index < -0.39 is 27.9 Å². The van der Waals surface area contributed by atoms with Crippen LogP contribution in [0.15, 0.2) is 120 Å². The molecule has 0 heterocycles. The first kappa shape index (κ1) is 27.6. The normalized spacial score (nSPS) is 11.9. The van der Waals surface area contributed by atoms with Crippen molar-refractivity contribution < 1.29 is 23.1 Å². The van der Waals surface area contributed by atoms with Gasteiger partial charge in [-0.25, -0.2) is 13.2 Å². The smallest absolute Gasteiger partial charge is 0.326 e. The summed E-state index contributed by atoms with van der Waals surface area (Å²) in [5.41, 5.74) is 2.48. The number of sulfonamides is 1. The molecule has 39 heavy (non-hydrogen) atoms. The Hall–Kier alpha value is -4.43. The Balaban J connectivity index is 1.59. The minimum atomic E-state index is -3.87. The zero-order chi connectivity index (χ0) is 27.8. The highest BCUT2D eigenvalue weighted by molar-refractivity contribution is 7.92. The van der Waals surface area contributed by atoms with Crippen molar-refractivity contribution in [1.82, 2.24) is 4.90 Å². The van der Waals surface area contributed by atoms with Crippen LogP contribution >= 0.6 is 0 Å². The van der Waals surface area contributed by atoms with Crippen molar-refractivity contribution in [3.63, 3.8) is 0 Å². The highest BCUT2D eigenvalue weighted by Gasteiger charge is 2.29. The number of rotatable bonds is 11. The van der Waals surface area contributed by atoms with E-state index in [1.54, 1.807) is 42.5 Å². The molecule has 200 valence electrons. The van der Waals surface area contributed by atoms with Crippen LogP contribution < -0.4 is 4.31 Å². The molecular weight excluding hydrogens is 512 g/mol. The summed E-state index contributed by atoms with van der Waals surface area (Å²) in [6.07, 6.45) is 0.662. The van der Waals surface area contributed by atoms with Crippen LogP contribution in [0.5, 0.6) is 0 Å². The number of amides is 1. The van der Waals surface area contributed by atoms with E-state index in [4.69, 9.17) is 0 Å². The monoisotopic (exact) mass is 542 g/mol. The predicted octanol–water partition coefficient (Wildman–Crippen LogP) is 4.89. The van der Waals surface area contributed by atoms with E-state index in [9.17, 15) is 23.1 Å². The average Bonchev–Trinajstić information content (AvgIpc) is 2.97. The van der Waals surface area contributed by atoms with Gasteiger partial charge in [0.15, 0.2) is 0 Å². The molecule has 8 heteroatoms. The van der Waals surface area contributed by atoms with E-state index in [2.05, 4.69) is 0 Å². The van der Waals surface area contributed by atoms with Crippen molar-refractivity contribution in [3.8, 4) is 0 Å². The van der Waals surface area contributed by atoms with Crippen LogP contribution in [-0.4, -0.2) is 49.9 Å². The number of hydrogen-bond donors (Lipinski definition) is 1. The van der Waals surface area contributed by atoms with Crippen LogP contribution in [0.3, 0.4) is 0 Å². The van der Waals surface area contributed by atoms with Gasteiger partial charge in [0.05, 0.1) is 10.6 Å². The Kier molecular flexibility index (Phi) is 8.78. The lowest BCUT2D eigenvalue weighted by Crippen LogP contribution is -2.43. The van der Waals surface area contributed by atoms with Gasteiger partial charge < -0.3 is 10.0 Å². The number of aliphatic carboxylic acids is 1. The molecule has 7 nitrogen and oxygen atoms in total. The fourth-order valence-electron chi connectivity index (χ4n) is 4.33. The summed E-state index contributed by atoms with van der Waals surface area (Å²) in [7, 11) is -2.41. The van der Waals surface area contributed by atoms with Gasteiger partial charge in [0, 0.05) is 25.6 Å². The van der Waals surface area contributed by atoms with E-state index in [-0.39, 0.29) is 23.4 Å². The molecule has 0 saturated carbocycles. The molecule has 1 atom stereocenters. The molecule has 0 unspecified atom stereocenters. The molecule has 0 saturated heterocycles. The molecule has 0 aliphatic rings. The number of benzene rings is 4. The first-order valence-corrected chi connectivity index (χ1v) is 14.0. The molecule has 0 aliphatic carbocycles. The lowest BCUT2D eigenvalue weighted by molar-refractivity contribution is -0.141. The number of carboxylic acid groups (broad SMARTS) is 1. The van der Waals surface area contributed by atoms with E-state index in [1.807, 2.05) is 60.7 Å². The lowest BCUT2D eigenvalue weighted by Gasteiger charge is -2.26. The van der Waals surface area contributed by atoms with Gasteiger partial charge in [-0.1, -0.05) is 78.9 Å². The molecule has 0 aliphatic heterocycles. The SMILES string of the molecule is CN(C(=O)c1ccc(N(CCc2ccccc2)S(=O)(=O)c2ccccc2)cc1)[C@@H](Cc1ccccc1)C(=O)O. The second kappa shape index (κ2) is 12.4. The molecule has 0 radical (unpaired) electrons. The van der Waals surface area contributed by atoms with Crippen LogP contribution in [0.1, 0.15) is 21.5 Å². The highest BCUT2D eigenvalue weighted by Crippen LogP contribution is 2.25. The molecule has 0 bridgehead atoms. The summed E-state index contributed by atoms with van der Waals surface area (Å²) in [6.45, 7) is 0.201. The number of anilines is 1. The summed E-state index contributed by atoms with van der Waals surface area (Å²) in [5.74, 6) is -1.57. The number of carboxylic acids is 1. The van der Waals surface area contributed by atoms with Gasteiger partial charge in [-0.15, -0.1) is 0 Å². The van der Waals surface area contributed by atoms with Gasteiger partial charge in [-0.2, -0.15) is 0 Å². The molecule has 4 rings (SSSR count). The number of hydrogen-bond acceptors (Lipinski definition) is 4. The minimum absolute atomic E-state index is 0.166. The summed E-state index contributed by atoms with van der Waals surface area (Å²) < 4.78 is 28.5. The van der Waals surface area contributed by atoms with Crippen LogP contribution in [0, 0.1) is 0 Å². The zero-order valence-corrected chi connectivity index (χ0v) is 22.4. The van der Waals surface area contributed by atoms with Crippen LogP contribution in [0.25, 0.3) is 0 Å². The molecule has 0 aromatic heterocycles. The van der Waals surface area contributed by atoms with Gasteiger partial charge in [-0.05, 0) is 53.9 Å². The second-order valence-electron chi connectivity index (χ2n) is 9.13. The van der Waals surface area contributed by atoms with Gasteiger partial charge in [0.25, 0.3) is 15.9 Å². The fourth-order valence-corrected chi connectivity index (χ4v) is 5.81. The van der Waals surface area contributed by atoms with Crippen molar-refractivity contribution in [1.29, 1.82) is 0 Å². The van der Waals surface area contributed by atoms with Crippen molar-refractivity contribution in [2.45, 2.75) is 23.8 Å². The maximum absolute atomic E-state index is 13.6. The first-order valence-electron chi connectivity index (χ1n) is 12.5. The predicted molar refractivity (Wildman–Crippen MR) is 151 cm³/mol. The van der Waals surface area contributed by atoms with Crippen LogP contribution in [0.4, 0.5) is 5.69 Å². The Morgan fingerprint density at radius 3 is 1.79 bits per heavy atom. The Labute approximate surface area is 229 Å². The number of carbonyl (C=O) groups is 2. The van der Waals surface area contributed by atoms with Gasteiger partial charge in [-0.3, -0.25) is 9.10 Å². The third-order valence-electron chi connectivity index (χ3n) is 6.52. The average molecular weight is 543 g/mol. The summed E-state index contributed by atoms with van der Waals surface area (Å²) >= 11 is 0. The van der Waals surface area contributed by atoms with Crippen LogP contribution in [-0.2, 0) is 27.7 Å².